The SMILES string of the molecule is COC(=O)CCc1cc(C)c(C)s1. The van der Waals surface area contributed by atoms with E-state index in [9.17, 15) is 4.79 Å². The molecule has 0 atom stereocenters. The van der Waals surface area contributed by atoms with Crippen LogP contribution in [0.5, 0.6) is 0 Å². The molecule has 0 aliphatic carbocycles. The molecule has 0 fully saturated rings. The Morgan fingerprint density at radius 2 is 2.23 bits per heavy atom. The number of hydrogen-bond donors (Lipinski definition) is 0. The third-order valence-electron chi connectivity index (χ3n) is 2.02. The van der Waals surface area contributed by atoms with Crippen molar-refractivity contribution >= 4 is 17.3 Å². The van der Waals surface area contributed by atoms with Gasteiger partial charge in [0.2, 0.25) is 0 Å². The van der Waals surface area contributed by atoms with E-state index in [4.69, 9.17) is 0 Å². The molecule has 0 saturated heterocycles. The number of methoxy groups -OCH3 is 1. The van der Waals surface area contributed by atoms with E-state index in [1.807, 2.05) is 0 Å². The van der Waals surface area contributed by atoms with Gasteiger partial charge in [0, 0.05) is 9.75 Å². The van der Waals surface area contributed by atoms with Crippen LogP contribution in [-0.2, 0) is 16.0 Å². The fourth-order valence-electron chi connectivity index (χ4n) is 1.10. The van der Waals surface area contributed by atoms with Crippen LogP contribution in [0.15, 0.2) is 6.07 Å². The number of carbonyl (C=O) groups is 1. The van der Waals surface area contributed by atoms with Gasteiger partial charge in [0.1, 0.15) is 0 Å². The largest absolute Gasteiger partial charge is 0.469 e. The van der Waals surface area contributed by atoms with Crippen molar-refractivity contribution in [1.82, 2.24) is 0 Å². The van der Waals surface area contributed by atoms with Gasteiger partial charge in [-0.3, -0.25) is 4.79 Å². The predicted molar refractivity (Wildman–Crippen MR) is 54.1 cm³/mol. The molecule has 1 aromatic heterocycles. The summed E-state index contributed by atoms with van der Waals surface area (Å²) in [6.45, 7) is 4.19. The molecule has 1 aromatic rings. The molecule has 0 spiro atoms. The van der Waals surface area contributed by atoms with Crippen LogP contribution >= 0.6 is 11.3 Å². The van der Waals surface area contributed by atoms with Crippen LogP contribution in [0.25, 0.3) is 0 Å². The first-order valence-corrected chi connectivity index (χ1v) is 5.08. The summed E-state index contributed by atoms with van der Waals surface area (Å²) in [5.41, 5.74) is 1.31. The van der Waals surface area contributed by atoms with Gasteiger partial charge in [-0.25, -0.2) is 0 Å². The fraction of sp³-hybridized carbons (Fsp3) is 0.500. The van der Waals surface area contributed by atoms with Crippen molar-refractivity contribution in [3.63, 3.8) is 0 Å². The molecule has 0 unspecified atom stereocenters. The van der Waals surface area contributed by atoms with E-state index in [2.05, 4.69) is 24.7 Å². The Hall–Kier alpha value is -0.830. The molecule has 0 bridgehead atoms. The number of esters is 1. The average Bonchev–Trinajstić information content (AvgIpc) is 2.42. The summed E-state index contributed by atoms with van der Waals surface area (Å²) in [4.78, 5) is 13.5. The Balaban J connectivity index is 2.50. The topological polar surface area (TPSA) is 26.3 Å². The van der Waals surface area contributed by atoms with Crippen LogP contribution in [0.3, 0.4) is 0 Å². The molecule has 3 heteroatoms. The van der Waals surface area contributed by atoms with Crippen molar-refractivity contribution in [1.29, 1.82) is 0 Å². The lowest BCUT2D eigenvalue weighted by atomic mass is 10.2. The molecule has 13 heavy (non-hydrogen) atoms. The lowest BCUT2D eigenvalue weighted by molar-refractivity contribution is -0.140. The summed E-state index contributed by atoms with van der Waals surface area (Å²) in [7, 11) is 1.42. The van der Waals surface area contributed by atoms with Gasteiger partial charge in [-0.1, -0.05) is 0 Å². The van der Waals surface area contributed by atoms with Gasteiger partial charge >= 0.3 is 5.97 Å². The first-order valence-electron chi connectivity index (χ1n) is 4.26. The number of aryl methyl sites for hydroxylation is 3. The molecule has 72 valence electrons. The third kappa shape index (κ3) is 2.84. The van der Waals surface area contributed by atoms with Gasteiger partial charge in [0.15, 0.2) is 0 Å². The Morgan fingerprint density at radius 3 is 2.69 bits per heavy atom. The van der Waals surface area contributed by atoms with Crippen LogP contribution in [0.2, 0.25) is 0 Å². The van der Waals surface area contributed by atoms with Gasteiger partial charge in [-0.2, -0.15) is 0 Å². The van der Waals surface area contributed by atoms with E-state index in [-0.39, 0.29) is 5.97 Å². The highest BCUT2D eigenvalue weighted by Crippen LogP contribution is 2.21. The van der Waals surface area contributed by atoms with Crippen LogP contribution in [-0.4, -0.2) is 13.1 Å². The maximum Gasteiger partial charge on any atom is 0.305 e. The summed E-state index contributed by atoms with van der Waals surface area (Å²) < 4.78 is 4.57. The number of hydrogen-bond acceptors (Lipinski definition) is 3. The average molecular weight is 198 g/mol. The van der Waals surface area contributed by atoms with E-state index in [1.54, 1.807) is 11.3 Å². The molecule has 0 amide bonds. The summed E-state index contributed by atoms with van der Waals surface area (Å²) in [5.74, 6) is -0.135. The summed E-state index contributed by atoms with van der Waals surface area (Å²) >= 11 is 1.76. The van der Waals surface area contributed by atoms with Crippen LogP contribution in [0.1, 0.15) is 21.7 Å². The molecule has 0 aliphatic rings. The lowest BCUT2D eigenvalue weighted by Gasteiger charge is -1.95. The number of carbonyl (C=O) groups excluding carboxylic acids is 1. The minimum Gasteiger partial charge on any atom is -0.469 e. The third-order valence-corrected chi connectivity index (χ3v) is 3.23. The molecule has 0 saturated carbocycles. The van der Waals surface area contributed by atoms with Gasteiger partial charge in [-0.15, -0.1) is 11.3 Å². The number of ether oxygens (including phenoxy) is 1. The molecular weight excluding hydrogens is 184 g/mol. The summed E-state index contributed by atoms with van der Waals surface area (Å²) in [5, 5.41) is 0. The molecule has 0 aromatic carbocycles. The second kappa shape index (κ2) is 4.42. The first-order chi connectivity index (χ1) is 6.13. The van der Waals surface area contributed by atoms with Gasteiger partial charge < -0.3 is 4.74 Å². The lowest BCUT2D eigenvalue weighted by Crippen LogP contribution is -2.00. The highest BCUT2D eigenvalue weighted by molar-refractivity contribution is 7.12. The van der Waals surface area contributed by atoms with Crippen LogP contribution in [0.4, 0.5) is 0 Å². The zero-order valence-electron chi connectivity index (χ0n) is 8.22. The molecule has 0 aliphatic heterocycles. The molecule has 2 nitrogen and oxygen atoms in total. The molecule has 1 rings (SSSR count). The number of thiophene rings is 1. The molecule has 0 radical (unpaired) electrons. The van der Waals surface area contributed by atoms with E-state index < -0.39 is 0 Å². The van der Waals surface area contributed by atoms with Gasteiger partial charge in [0.25, 0.3) is 0 Å². The minimum atomic E-state index is -0.135. The van der Waals surface area contributed by atoms with E-state index in [1.165, 1.54) is 22.4 Å². The first kappa shape index (κ1) is 10.3. The fourth-order valence-corrected chi connectivity index (χ4v) is 2.15. The normalized spacial score (nSPS) is 10.1. The Bertz CT molecular complexity index is 282. The van der Waals surface area contributed by atoms with Crippen LogP contribution < -0.4 is 0 Å². The van der Waals surface area contributed by atoms with E-state index >= 15 is 0 Å². The predicted octanol–water partition coefficient (Wildman–Crippen LogP) is 2.47. The maximum atomic E-state index is 10.9. The van der Waals surface area contributed by atoms with Crippen molar-refractivity contribution in [3.8, 4) is 0 Å². The smallest absolute Gasteiger partial charge is 0.305 e. The molecule has 0 N–H and O–H groups in total. The Morgan fingerprint density at radius 1 is 1.54 bits per heavy atom. The summed E-state index contributed by atoms with van der Waals surface area (Å²) in [6, 6.07) is 2.14. The van der Waals surface area contributed by atoms with Crippen molar-refractivity contribution in [2.45, 2.75) is 26.7 Å². The highest BCUT2D eigenvalue weighted by atomic mass is 32.1. The van der Waals surface area contributed by atoms with Crippen molar-refractivity contribution in [3.05, 3.63) is 21.4 Å². The Kier molecular flexibility index (Phi) is 3.48. The van der Waals surface area contributed by atoms with Crippen molar-refractivity contribution < 1.29 is 9.53 Å². The number of rotatable bonds is 3. The second-order valence-corrected chi connectivity index (χ2v) is 4.37. The van der Waals surface area contributed by atoms with E-state index in [0.717, 1.165) is 6.42 Å². The zero-order valence-corrected chi connectivity index (χ0v) is 9.03. The Labute approximate surface area is 82.5 Å². The van der Waals surface area contributed by atoms with Crippen molar-refractivity contribution in [2.24, 2.45) is 0 Å². The monoisotopic (exact) mass is 198 g/mol. The van der Waals surface area contributed by atoms with E-state index in [0.29, 0.717) is 6.42 Å². The summed E-state index contributed by atoms with van der Waals surface area (Å²) in [6.07, 6.45) is 1.28. The quantitative estimate of drug-likeness (QED) is 0.697. The second-order valence-electron chi connectivity index (χ2n) is 3.03. The molecule has 1 heterocycles. The van der Waals surface area contributed by atoms with Crippen molar-refractivity contribution in [2.75, 3.05) is 7.11 Å². The van der Waals surface area contributed by atoms with Gasteiger partial charge in [-0.05, 0) is 31.9 Å². The molecular formula is C10H14O2S. The van der Waals surface area contributed by atoms with Crippen LogP contribution in [0, 0.1) is 13.8 Å². The zero-order chi connectivity index (χ0) is 9.84. The van der Waals surface area contributed by atoms with Gasteiger partial charge in [0.05, 0.1) is 13.5 Å². The maximum absolute atomic E-state index is 10.9. The minimum absolute atomic E-state index is 0.135. The highest BCUT2D eigenvalue weighted by Gasteiger charge is 2.04. The standard InChI is InChI=1S/C10H14O2S/c1-7-6-9(13-8(7)2)4-5-10(11)12-3/h6H,4-5H2,1-3H3.